The SMILES string of the molecule is COc1ccccc1OCC(O)C(O)I. The van der Waals surface area contributed by atoms with E-state index in [0.29, 0.717) is 11.5 Å². The Labute approximate surface area is 102 Å². The van der Waals surface area contributed by atoms with Crippen LogP contribution in [0.1, 0.15) is 0 Å². The molecule has 0 saturated carbocycles. The molecule has 2 unspecified atom stereocenters. The highest BCUT2D eigenvalue weighted by Crippen LogP contribution is 2.25. The molecule has 0 bridgehead atoms. The Morgan fingerprint density at radius 2 is 1.87 bits per heavy atom. The van der Waals surface area contributed by atoms with Crippen LogP contribution in [0.25, 0.3) is 0 Å². The predicted molar refractivity (Wildman–Crippen MR) is 64.5 cm³/mol. The summed E-state index contributed by atoms with van der Waals surface area (Å²) in [6.07, 6.45) is -0.907. The van der Waals surface area contributed by atoms with Gasteiger partial charge in [-0.2, -0.15) is 0 Å². The molecule has 0 spiro atoms. The summed E-state index contributed by atoms with van der Waals surface area (Å²) in [6, 6.07) is 7.15. The van der Waals surface area contributed by atoms with Crippen molar-refractivity contribution in [3.05, 3.63) is 24.3 Å². The molecule has 0 heterocycles. The van der Waals surface area contributed by atoms with Crippen LogP contribution < -0.4 is 9.47 Å². The Morgan fingerprint density at radius 1 is 1.27 bits per heavy atom. The number of alkyl halides is 1. The molecule has 1 rings (SSSR count). The van der Waals surface area contributed by atoms with E-state index in [-0.39, 0.29) is 6.61 Å². The lowest BCUT2D eigenvalue weighted by Gasteiger charge is -2.15. The van der Waals surface area contributed by atoms with Gasteiger partial charge in [0.2, 0.25) is 0 Å². The highest BCUT2D eigenvalue weighted by molar-refractivity contribution is 14.1. The molecule has 1 aromatic carbocycles. The molecule has 2 N–H and O–H groups in total. The Hall–Kier alpha value is -0.530. The molecule has 0 amide bonds. The standard InChI is InChI=1S/C10H13IO4/c1-14-8-4-2-3-5-9(8)15-6-7(12)10(11)13/h2-5,7,10,12-13H,6H2,1H3. The second-order valence-corrected chi connectivity index (χ2v) is 4.18. The first kappa shape index (κ1) is 12.5. The molecule has 15 heavy (non-hydrogen) atoms. The molecule has 0 radical (unpaired) electrons. The van der Waals surface area contributed by atoms with Crippen LogP contribution in [-0.4, -0.2) is 34.1 Å². The van der Waals surface area contributed by atoms with Crippen molar-refractivity contribution in [1.82, 2.24) is 0 Å². The van der Waals surface area contributed by atoms with E-state index in [9.17, 15) is 5.11 Å². The Balaban J connectivity index is 2.57. The van der Waals surface area contributed by atoms with Gasteiger partial charge in [0.05, 0.1) is 7.11 Å². The van der Waals surface area contributed by atoms with Crippen molar-refractivity contribution in [2.24, 2.45) is 0 Å². The van der Waals surface area contributed by atoms with E-state index in [1.165, 1.54) is 0 Å². The van der Waals surface area contributed by atoms with Crippen LogP contribution in [0, 0.1) is 0 Å². The average molecular weight is 324 g/mol. The molecule has 1 aromatic rings. The van der Waals surface area contributed by atoms with E-state index in [1.807, 2.05) is 12.1 Å². The summed E-state index contributed by atoms with van der Waals surface area (Å²) in [6.45, 7) is 0.0322. The van der Waals surface area contributed by atoms with Gasteiger partial charge in [0.15, 0.2) is 11.5 Å². The van der Waals surface area contributed by atoms with Gasteiger partial charge in [-0.05, 0) is 34.7 Å². The maximum Gasteiger partial charge on any atom is 0.161 e. The zero-order valence-electron chi connectivity index (χ0n) is 8.26. The molecule has 2 atom stereocenters. The van der Waals surface area contributed by atoms with Crippen LogP contribution in [0.4, 0.5) is 0 Å². The van der Waals surface area contributed by atoms with E-state index in [0.717, 1.165) is 0 Å². The quantitative estimate of drug-likeness (QED) is 0.631. The monoisotopic (exact) mass is 324 g/mol. The number of methoxy groups -OCH3 is 1. The highest BCUT2D eigenvalue weighted by atomic mass is 127. The van der Waals surface area contributed by atoms with Gasteiger partial charge >= 0.3 is 0 Å². The minimum atomic E-state index is -0.907. The molecule has 0 aliphatic carbocycles. The number of hydrogen-bond acceptors (Lipinski definition) is 4. The van der Waals surface area contributed by atoms with Crippen LogP contribution in [0.15, 0.2) is 24.3 Å². The van der Waals surface area contributed by atoms with Crippen molar-refractivity contribution in [2.75, 3.05) is 13.7 Å². The molecule has 0 aliphatic rings. The van der Waals surface area contributed by atoms with Gasteiger partial charge in [0.1, 0.15) is 16.8 Å². The minimum absolute atomic E-state index is 0.0322. The summed E-state index contributed by atoms with van der Waals surface area (Å²) in [7, 11) is 1.55. The van der Waals surface area contributed by atoms with Gasteiger partial charge < -0.3 is 19.7 Å². The van der Waals surface area contributed by atoms with Gasteiger partial charge in [-0.25, -0.2) is 0 Å². The zero-order chi connectivity index (χ0) is 11.3. The summed E-state index contributed by atoms with van der Waals surface area (Å²) in [4.78, 5) is 0. The lowest BCUT2D eigenvalue weighted by molar-refractivity contribution is 0.0432. The van der Waals surface area contributed by atoms with Crippen molar-refractivity contribution in [3.8, 4) is 11.5 Å². The highest BCUT2D eigenvalue weighted by Gasteiger charge is 2.14. The first-order valence-corrected chi connectivity index (χ1v) is 5.65. The number of halogens is 1. The maximum absolute atomic E-state index is 9.33. The zero-order valence-corrected chi connectivity index (χ0v) is 10.4. The van der Waals surface area contributed by atoms with Gasteiger partial charge in [0.25, 0.3) is 0 Å². The third-order valence-electron chi connectivity index (χ3n) is 1.80. The van der Waals surface area contributed by atoms with Crippen molar-refractivity contribution < 1.29 is 19.7 Å². The number of aliphatic hydroxyl groups is 2. The molecular formula is C10H13IO4. The molecule has 4 nitrogen and oxygen atoms in total. The van der Waals surface area contributed by atoms with Gasteiger partial charge in [0, 0.05) is 0 Å². The van der Waals surface area contributed by atoms with E-state index in [4.69, 9.17) is 14.6 Å². The maximum atomic E-state index is 9.33. The van der Waals surface area contributed by atoms with Crippen LogP contribution in [0.5, 0.6) is 11.5 Å². The normalized spacial score (nSPS) is 14.4. The van der Waals surface area contributed by atoms with Crippen LogP contribution in [-0.2, 0) is 0 Å². The number of ether oxygens (including phenoxy) is 2. The molecule has 0 aliphatic heterocycles. The van der Waals surface area contributed by atoms with Crippen molar-refractivity contribution >= 4 is 22.6 Å². The van der Waals surface area contributed by atoms with Crippen LogP contribution in [0.2, 0.25) is 0 Å². The first-order chi connectivity index (χ1) is 7.15. The summed E-state index contributed by atoms with van der Waals surface area (Å²) in [5, 5.41) is 18.4. The third-order valence-corrected chi connectivity index (χ3v) is 2.63. The number of para-hydroxylation sites is 2. The summed E-state index contributed by atoms with van der Waals surface area (Å²) in [5.41, 5.74) is 0. The molecular weight excluding hydrogens is 311 g/mol. The molecule has 0 fully saturated rings. The molecule has 84 valence electrons. The fourth-order valence-corrected chi connectivity index (χ4v) is 1.20. The fourth-order valence-electron chi connectivity index (χ4n) is 0.993. The molecule has 0 aromatic heterocycles. The van der Waals surface area contributed by atoms with Gasteiger partial charge in [-0.15, -0.1) is 0 Å². The minimum Gasteiger partial charge on any atom is -0.493 e. The third kappa shape index (κ3) is 3.84. The van der Waals surface area contributed by atoms with Crippen LogP contribution in [0.3, 0.4) is 0 Å². The van der Waals surface area contributed by atoms with Crippen molar-refractivity contribution in [3.63, 3.8) is 0 Å². The van der Waals surface area contributed by atoms with Crippen LogP contribution >= 0.6 is 22.6 Å². The summed E-state index contributed by atoms with van der Waals surface area (Å²) in [5.74, 6) is 1.16. The predicted octanol–water partition coefficient (Wildman–Crippen LogP) is 1.19. The van der Waals surface area contributed by atoms with Crippen molar-refractivity contribution in [2.45, 2.75) is 10.2 Å². The Bertz CT molecular complexity index is 303. The van der Waals surface area contributed by atoms with Gasteiger partial charge in [-0.3, -0.25) is 0 Å². The largest absolute Gasteiger partial charge is 0.493 e. The molecule has 5 heteroatoms. The molecule has 0 saturated heterocycles. The summed E-state index contributed by atoms with van der Waals surface area (Å²) < 4.78 is 9.54. The van der Waals surface area contributed by atoms with E-state index < -0.39 is 10.2 Å². The number of aliphatic hydroxyl groups excluding tert-OH is 2. The van der Waals surface area contributed by atoms with E-state index in [2.05, 4.69) is 0 Å². The number of benzene rings is 1. The fraction of sp³-hybridized carbons (Fsp3) is 0.400. The Morgan fingerprint density at radius 3 is 2.40 bits per heavy atom. The van der Waals surface area contributed by atoms with E-state index >= 15 is 0 Å². The smallest absolute Gasteiger partial charge is 0.161 e. The lowest BCUT2D eigenvalue weighted by Crippen LogP contribution is -2.27. The van der Waals surface area contributed by atoms with E-state index in [1.54, 1.807) is 41.8 Å². The number of hydrogen-bond donors (Lipinski definition) is 2. The first-order valence-electron chi connectivity index (χ1n) is 4.41. The second kappa shape index (κ2) is 6.14. The lowest BCUT2D eigenvalue weighted by atomic mass is 10.3. The number of rotatable bonds is 5. The van der Waals surface area contributed by atoms with Gasteiger partial charge in [-0.1, -0.05) is 12.1 Å². The topological polar surface area (TPSA) is 58.9 Å². The average Bonchev–Trinajstić information content (AvgIpc) is 2.26. The summed E-state index contributed by atoms with van der Waals surface area (Å²) >= 11 is 1.72. The second-order valence-electron chi connectivity index (χ2n) is 2.90. The Kier molecular flexibility index (Phi) is 5.13. The van der Waals surface area contributed by atoms with Crippen molar-refractivity contribution in [1.29, 1.82) is 0 Å².